The minimum Gasteiger partial charge on any atom is -0.294 e. The van der Waals surface area contributed by atoms with Crippen molar-refractivity contribution in [3.63, 3.8) is 0 Å². The van der Waals surface area contributed by atoms with Crippen molar-refractivity contribution < 1.29 is 4.79 Å². The molecule has 1 rings (SSSR count). The molecule has 0 heterocycles. The summed E-state index contributed by atoms with van der Waals surface area (Å²) >= 11 is 1.48. The topological polar surface area (TPSA) is 40.9 Å². The molecule has 0 aliphatic rings. The van der Waals surface area contributed by atoms with Gasteiger partial charge in [0, 0.05) is 16.9 Å². The summed E-state index contributed by atoms with van der Waals surface area (Å²) in [5.74, 6) is 0.600. The molecule has 0 atom stereocenters. The Hall–Kier alpha value is -1.27. The van der Waals surface area contributed by atoms with Crippen molar-refractivity contribution in [1.82, 2.24) is 0 Å². The van der Waals surface area contributed by atoms with E-state index in [1.165, 1.54) is 11.8 Å². The minimum absolute atomic E-state index is 0.154. The van der Waals surface area contributed by atoms with Gasteiger partial charge in [0.05, 0.1) is 11.8 Å². The molecule has 0 aliphatic carbocycles. The van der Waals surface area contributed by atoms with Crippen LogP contribution in [0, 0.1) is 11.3 Å². The van der Waals surface area contributed by atoms with Gasteiger partial charge in [0.15, 0.2) is 5.78 Å². The second-order valence-corrected chi connectivity index (χ2v) is 3.80. The van der Waals surface area contributed by atoms with Gasteiger partial charge in [-0.15, -0.1) is 11.8 Å². The van der Waals surface area contributed by atoms with Gasteiger partial charge >= 0.3 is 0 Å². The molecule has 0 fully saturated rings. The lowest BCUT2D eigenvalue weighted by atomic mass is 10.1. The third kappa shape index (κ3) is 2.90. The maximum absolute atomic E-state index is 11.3. The summed E-state index contributed by atoms with van der Waals surface area (Å²) in [6.45, 7) is 1.85. The number of ketones is 1. The van der Waals surface area contributed by atoms with Crippen LogP contribution in [0.2, 0.25) is 0 Å². The van der Waals surface area contributed by atoms with E-state index in [0.717, 1.165) is 10.5 Å². The Balaban J connectivity index is 2.69. The lowest BCUT2D eigenvalue weighted by molar-refractivity contribution is 0.0988. The fourth-order valence-corrected chi connectivity index (χ4v) is 1.62. The van der Waals surface area contributed by atoms with Crippen molar-refractivity contribution >= 4 is 17.5 Å². The number of nitriles is 1. The molecule has 3 heteroatoms. The van der Waals surface area contributed by atoms with Gasteiger partial charge in [0.1, 0.15) is 0 Å². The summed E-state index contributed by atoms with van der Waals surface area (Å²) in [5, 5.41) is 8.38. The summed E-state index contributed by atoms with van der Waals surface area (Å²) in [6, 6.07) is 9.44. The molecule has 14 heavy (non-hydrogen) atoms. The van der Waals surface area contributed by atoms with E-state index in [1.807, 2.05) is 31.2 Å². The molecular formula is C11H11NOS. The maximum atomic E-state index is 11.3. The van der Waals surface area contributed by atoms with Gasteiger partial charge in [-0.3, -0.25) is 4.79 Å². The van der Waals surface area contributed by atoms with Crippen molar-refractivity contribution in [2.24, 2.45) is 0 Å². The molecule has 0 bridgehead atoms. The number of benzene rings is 1. The Labute approximate surface area is 87.9 Å². The normalized spacial score (nSPS) is 9.43. The molecule has 0 amide bonds. The van der Waals surface area contributed by atoms with E-state index < -0.39 is 0 Å². The Morgan fingerprint density at radius 2 is 2.07 bits per heavy atom. The highest BCUT2D eigenvalue weighted by molar-refractivity contribution is 7.99. The first-order valence-corrected chi connectivity index (χ1v) is 5.39. The van der Waals surface area contributed by atoms with Crippen molar-refractivity contribution in [1.29, 1.82) is 5.26 Å². The molecule has 0 saturated heterocycles. The first-order valence-electron chi connectivity index (χ1n) is 4.41. The minimum atomic E-state index is 0.154. The summed E-state index contributed by atoms with van der Waals surface area (Å²) < 4.78 is 0. The van der Waals surface area contributed by atoms with Gasteiger partial charge in [-0.25, -0.2) is 0 Å². The van der Waals surface area contributed by atoms with Crippen LogP contribution in [0.25, 0.3) is 0 Å². The Morgan fingerprint density at radius 1 is 1.43 bits per heavy atom. The van der Waals surface area contributed by atoms with Gasteiger partial charge < -0.3 is 0 Å². The fourth-order valence-electron chi connectivity index (χ4n) is 1.06. The monoisotopic (exact) mass is 205 g/mol. The maximum Gasteiger partial charge on any atom is 0.162 e. The molecule has 1 aromatic rings. The second-order valence-electron chi connectivity index (χ2n) is 2.75. The van der Waals surface area contributed by atoms with E-state index in [2.05, 4.69) is 6.07 Å². The first-order chi connectivity index (χ1) is 6.77. The number of Topliss-reactive ketones (excluding diaryl/α,β-unsaturated/α-hetero) is 1. The van der Waals surface area contributed by atoms with E-state index in [4.69, 9.17) is 5.26 Å². The van der Waals surface area contributed by atoms with E-state index in [1.54, 1.807) is 0 Å². The third-order valence-electron chi connectivity index (χ3n) is 1.80. The number of rotatable bonds is 4. The average Bonchev–Trinajstić information content (AvgIpc) is 2.26. The largest absolute Gasteiger partial charge is 0.294 e. The number of hydrogen-bond acceptors (Lipinski definition) is 3. The van der Waals surface area contributed by atoms with Crippen LogP contribution in [0.15, 0.2) is 29.2 Å². The zero-order valence-corrected chi connectivity index (χ0v) is 8.80. The van der Waals surface area contributed by atoms with Crippen molar-refractivity contribution in [2.75, 3.05) is 5.75 Å². The van der Waals surface area contributed by atoms with Gasteiger partial charge in [-0.1, -0.05) is 19.1 Å². The lowest BCUT2D eigenvalue weighted by Gasteiger charge is -1.99. The summed E-state index contributed by atoms with van der Waals surface area (Å²) in [6.07, 6.45) is 0.532. The molecule has 2 nitrogen and oxygen atoms in total. The number of nitrogens with zero attached hydrogens (tertiary/aromatic N) is 1. The summed E-state index contributed by atoms with van der Waals surface area (Å²) in [5.41, 5.74) is 0.744. The van der Waals surface area contributed by atoms with Crippen LogP contribution in [-0.4, -0.2) is 11.5 Å². The van der Waals surface area contributed by atoms with Crippen LogP contribution in [0.3, 0.4) is 0 Å². The molecule has 0 N–H and O–H groups in total. The quantitative estimate of drug-likeness (QED) is 0.560. The summed E-state index contributed by atoms with van der Waals surface area (Å²) in [7, 11) is 0. The van der Waals surface area contributed by atoms with Crippen molar-refractivity contribution in [3.05, 3.63) is 29.8 Å². The predicted molar refractivity (Wildman–Crippen MR) is 57.4 cm³/mol. The van der Waals surface area contributed by atoms with E-state index in [-0.39, 0.29) is 5.78 Å². The van der Waals surface area contributed by atoms with E-state index in [9.17, 15) is 4.79 Å². The fraction of sp³-hybridized carbons (Fsp3) is 0.273. The predicted octanol–water partition coefficient (Wildman–Crippen LogP) is 2.89. The molecule has 0 unspecified atom stereocenters. The Bertz CT molecular complexity index is 351. The van der Waals surface area contributed by atoms with Crippen molar-refractivity contribution in [3.8, 4) is 6.07 Å². The molecule has 0 saturated carbocycles. The van der Waals surface area contributed by atoms with Crippen LogP contribution in [0.5, 0.6) is 0 Å². The standard InChI is InChI=1S/C11H11NOS/c1-2-11(13)9-3-5-10(6-4-9)14-8-7-12/h3-6H,2,8H2,1H3. The van der Waals surface area contributed by atoms with Crippen LogP contribution in [-0.2, 0) is 0 Å². The van der Waals surface area contributed by atoms with Gasteiger partial charge in [0.2, 0.25) is 0 Å². The lowest BCUT2D eigenvalue weighted by Crippen LogP contribution is -1.95. The number of carbonyl (C=O) groups excluding carboxylic acids is 1. The first kappa shape index (κ1) is 10.8. The van der Waals surface area contributed by atoms with Gasteiger partial charge in [-0.05, 0) is 12.1 Å². The molecular weight excluding hydrogens is 194 g/mol. The van der Waals surface area contributed by atoms with Crippen LogP contribution in [0.4, 0.5) is 0 Å². The highest BCUT2D eigenvalue weighted by Gasteiger charge is 2.01. The average molecular weight is 205 g/mol. The SMILES string of the molecule is CCC(=O)c1ccc(SCC#N)cc1. The molecule has 0 radical (unpaired) electrons. The molecule has 0 aliphatic heterocycles. The molecule has 0 aromatic heterocycles. The van der Waals surface area contributed by atoms with Crippen LogP contribution >= 0.6 is 11.8 Å². The zero-order valence-electron chi connectivity index (χ0n) is 7.99. The molecule has 1 aromatic carbocycles. The smallest absolute Gasteiger partial charge is 0.162 e. The summed E-state index contributed by atoms with van der Waals surface area (Å²) in [4.78, 5) is 12.3. The second kappa shape index (κ2) is 5.46. The highest BCUT2D eigenvalue weighted by atomic mass is 32.2. The van der Waals surface area contributed by atoms with E-state index >= 15 is 0 Å². The Kier molecular flexibility index (Phi) is 4.21. The zero-order chi connectivity index (χ0) is 10.4. The third-order valence-corrected chi connectivity index (χ3v) is 2.68. The van der Waals surface area contributed by atoms with Gasteiger partial charge in [0.25, 0.3) is 0 Å². The Morgan fingerprint density at radius 3 is 2.57 bits per heavy atom. The van der Waals surface area contributed by atoms with Gasteiger partial charge in [-0.2, -0.15) is 5.26 Å². The molecule has 72 valence electrons. The van der Waals surface area contributed by atoms with E-state index in [0.29, 0.717) is 12.2 Å². The van der Waals surface area contributed by atoms with Crippen molar-refractivity contribution in [2.45, 2.75) is 18.2 Å². The number of thioether (sulfide) groups is 1. The van der Waals surface area contributed by atoms with Crippen LogP contribution < -0.4 is 0 Å². The molecule has 0 spiro atoms. The number of carbonyl (C=O) groups is 1. The number of hydrogen-bond donors (Lipinski definition) is 0. The highest BCUT2D eigenvalue weighted by Crippen LogP contribution is 2.18. The van der Waals surface area contributed by atoms with Crippen LogP contribution in [0.1, 0.15) is 23.7 Å².